The molecule has 130 valence electrons. The number of hydrogen-bond donors (Lipinski definition) is 0. The van der Waals surface area contributed by atoms with Crippen LogP contribution in [0.3, 0.4) is 0 Å². The molecule has 0 aromatic carbocycles. The third-order valence-electron chi connectivity index (χ3n) is 4.34. The van der Waals surface area contributed by atoms with E-state index >= 15 is 0 Å². The minimum Gasteiger partial charge on any atom is -0.472 e. The van der Waals surface area contributed by atoms with Crippen LogP contribution in [-0.2, 0) is 22.9 Å². The Morgan fingerprint density at radius 2 is 2.33 bits per heavy atom. The molecule has 0 radical (unpaired) electrons. The quantitative estimate of drug-likeness (QED) is 0.718. The summed E-state index contributed by atoms with van der Waals surface area (Å²) < 4.78 is 17.8. The zero-order valence-corrected chi connectivity index (χ0v) is 14.1. The van der Waals surface area contributed by atoms with Gasteiger partial charge in [0.05, 0.1) is 43.4 Å². The van der Waals surface area contributed by atoms with Crippen LogP contribution in [0.5, 0.6) is 0 Å². The van der Waals surface area contributed by atoms with Crippen molar-refractivity contribution in [3.63, 3.8) is 0 Å². The van der Waals surface area contributed by atoms with Gasteiger partial charge in [-0.25, -0.2) is 0 Å². The molecule has 2 atom stereocenters. The Bertz CT molecular complexity index is 653. The number of rotatable bonds is 7. The average Bonchev–Trinajstić information content (AvgIpc) is 3.30. The SMILES string of the molecule is COCCO[C@@H]1CCN(C(=O)c2ccoc2)[C@@H]1Cc1cnn(C)c1. The van der Waals surface area contributed by atoms with Crippen molar-refractivity contribution in [3.05, 3.63) is 42.1 Å². The maximum Gasteiger partial charge on any atom is 0.257 e. The molecule has 1 aliphatic rings. The van der Waals surface area contributed by atoms with Crippen LogP contribution in [0.25, 0.3) is 0 Å². The van der Waals surface area contributed by atoms with Crippen LogP contribution in [0.4, 0.5) is 0 Å². The summed E-state index contributed by atoms with van der Waals surface area (Å²) >= 11 is 0. The maximum atomic E-state index is 12.8. The monoisotopic (exact) mass is 333 g/mol. The molecule has 1 amide bonds. The van der Waals surface area contributed by atoms with Crippen molar-refractivity contribution >= 4 is 5.91 Å². The second kappa shape index (κ2) is 7.63. The van der Waals surface area contributed by atoms with Crippen LogP contribution >= 0.6 is 0 Å². The van der Waals surface area contributed by atoms with Gasteiger partial charge in [-0.1, -0.05) is 0 Å². The predicted molar refractivity (Wildman–Crippen MR) is 86.7 cm³/mol. The van der Waals surface area contributed by atoms with Gasteiger partial charge in [-0.05, 0) is 24.5 Å². The molecule has 0 unspecified atom stereocenters. The summed E-state index contributed by atoms with van der Waals surface area (Å²) in [5.41, 5.74) is 1.67. The molecule has 0 aliphatic carbocycles. The number of carbonyl (C=O) groups is 1. The smallest absolute Gasteiger partial charge is 0.257 e. The lowest BCUT2D eigenvalue weighted by Crippen LogP contribution is -2.42. The minimum atomic E-state index is -0.0199. The number of aromatic nitrogens is 2. The molecule has 0 N–H and O–H groups in total. The van der Waals surface area contributed by atoms with Gasteiger partial charge in [0.25, 0.3) is 5.91 Å². The van der Waals surface area contributed by atoms with Crippen LogP contribution in [0.15, 0.2) is 35.4 Å². The largest absolute Gasteiger partial charge is 0.472 e. The molecule has 1 fully saturated rings. The van der Waals surface area contributed by atoms with Crippen molar-refractivity contribution in [1.82, 2.24) is 14.7 Å². The van der Waals surface area contributed by atoms with Gasteiger partial charge in [-0.2, -0.15) is 5.10 Å². The van der Waals surface area contributed by atoms with Crippen molar-refractivity contribution in [3.8, 4) is 0 Å². The van der Waals surface area contributed by atoms with E-state index in [1.54, 1.807) is 17.9 Å². The highest BCUT2D eigenvalue weighted by atomic mass is 16.5. The van der Waals surface area contributed by atoms with Crippen LogP contribution in [0, 0.1) is 0 Å². The molecular formula is C17H23N3O4. The Labute approximate surface area is 141 Å². The van der Waals surface area contributed by atoms with Crippen LogP contribution < -0.4 is 0 Å². The number of hydrogen-bond acceptors (Lipinski definition) is 5. The number of likely N-dealkylation sites (tertiary alicyclic amines) is 1. The van der Waals surface area contributed by atoms with Crippen LogP contribution in [-0.4, -0.2) is 59.6 Å². The zero-order valence-electron chi connectivity index (χ0n) is 14.1. The summed E-state index contributed by atoms with van der Waals surface area (Å²) in [5, 5.41) is 4.22. The van der Waals surface area contributed by atoms with Crippen molar-refractivity contribution < 1.29 is 18.7 Å². The molecule has 7 heteroatoms. The number of ether oxygens (including phenoxy) is 2. The molecule has 1 saturated heterocycles. The number of amides is 1. The molecule has 24 heavy (non-hydrogen) atoms. The highest BCUT2D eigenvalue weighted by Crippen LogP contribution is 2.26. The van der Waals surface area contributed by atoms with E-state index in [-0.39, 0.29) is 18.1 Å². The summed E-state index contributed by atoms with van der Waals surface area (Å²) in [6.45, 7) is 1.75. The van der Waals surface area contributed by atoms with Crippen LogP contribution in [0.1, 0.15) is 22.3 Å². The zero-order chi connectivity index (χ0) is 16.9. The summed E-state index contributed by atoms with van der Waals surface area (Å²) in [4.78, 5) is 14.6. The highest BCUT2D eigenvalue weighted by molar-refractivity contribution is 5.94. The van der Waals surface area contributed by atoms with E-state index in [1.807, 2.05) is 24.3 Å². The third-order valence-corrected chi connectivity index (χ3v) is 4.34. The third kappa shape index (κ3) is 3.68. The van der Waals surface area contributed by atoms with Gasteiger partial charge in [-0.3, -0.25) is 9.48 Å². The van der Waals surface area contributed by atoms with E-state index in [4.69, 9.17) is 13.9 Å². The summed E-state index contributed by atoms with van der Waals surface area (Å²) in [6.07, 6.45) is 8.36. The van der Waals surface area contributed by atoms with E-state index < -0.39 is 0 Å². The van der Waals surface area contributed by atoms with Gasteiger partial charge in [-0.15, -0.1) is 0 Å². The second-order valence-corrected chi connectivity index (χ2v) is 6.00. The standard InChI is InChI=1S/C17H23N3O4/c1-19-11-13(10-18-19)9-15-16(24-8-7-22-2)3-5-20(15)17(21)14-4-6-23-12-14/h4,6,10-12,15-16H,3,5,7-9H2,1-2H3/t15-,16-/m1/s1. The van der Waals surface area contributed by atoms with Crippen molar-refractivity contribution in [2.75, 3.05) is 26.9 Å². The minimum absolute atomic E-state index is 0.00351. The first-order valence-electron chi connectivity index (χ1n) is 8.10. The van der Waals surface area contributed by atoms with E-state index in [1.165, 1.54) is 12.5 Å². The van der Waals surface area contributed by atoms with E-state index in [0.717, 1.165) is 18.4 Å². The van der Waals surface area contributed by atoms with Crippen molar-refractivity contribution in [2.24, 2.45) is 7.05 Å². The van der Waals surface area contributed by atoms with Gasteiger partial charge in [0, 0.05) is 26.9 Å². The lowest BCUT2D eigenvalue weighted by molar-refractivity contribution is 0.000484. The number of carbonyl (C=O) groups excluding carboxylic acids is 1. The Kier molecular flexibility index (Phi) is 5.32. The second-order valence-electron chi connectivity index (χ2n) is 6.00. The Morgan fingerprint density at radius 3 is 3.00 bits per heavy atom. The fourth-order valence-corrected chi connectivity index (χ4v) is 3.17. The molecule has 2 aromatic rings. The first-order chi connectivity index (χ1) is 11.7. The van der Waals surface area contributed by atoms with Gasteiger partial charge in [0.15, 0.2) is 0 Å². The van der Waals surface area contributed by atoms with Gasteiger partial charge < -0.3 is 18.8 Å². The first-order valence-corrected chi connectivity index (χ1v) is 8.10. The summed E-state index contributed by atoms with van der Waals surface area (Å²) in [6, 6.07) is 1.68. The molecule has 7 nitrogen and oxygen atoms in total. The average molecular weight is 333 g/mol. The molecule has 1 aliphatic heterocycles. The van der Waals surface area contributed by atoms with Gasteiger partial charge >= 0.3 is 0 Å². The van der Waals surface area contributed by atoms with Crippen molar-refractivity contribution in [1.29, 1.82) is 0 Å². The van der Waals surface area contributed by atoms with Gasteiger partial charge in [0.2, 0.25) is 0 Å². The molecule has 3 rings (SSSR count). The number of furan rings is 1. The predicted octanol–water partition coefficient (Wildman–Crippen LogP) is 1.50. The Balaban J connectivity index is 1.75. The van der Waals surface area contributed by atoms with Crippen LogP contribution in [0.2, 0.25) is 0 Å². The van der Waals surface area contributed by atoms with E-state index in [0.29, 0.717) is 25.3 Å². The summed E-state index contributed by atoms with van der Waals surface area (Å²) in [7, 11) is 3.54. The lowest BCUT2D eigenvalue weighted by Gasteiger charge is -2.27. The Morgan fingerprint density at radius 1 is 1.46 bits per heavy atom. The topological polar surface area (TPSA) is 69.7 Å². The highest BCUT2D eigenvalue weighted by Gasteiger charge is 2.38. The number of nitrogens with zero attached hydrogens (tertiary/aromatic N) is 3. The molecule has 0 bridgehead atoms. The number of methoxy groups -OCH3 is 1. The molecule has 0 spiro atoms. The fraction of sp³-hybridized carbons (Fsp3) is 0.529. The van der Waals surface area contributed by atoms with E-state index in [9.17, 15) is 4.79 Å². The fourth-order valence-electron chi connectivity index (χ4n) is 3.17. The maximum absolute atomic E-state index is 12.8. The van der Waals surface area contributed by atoms with Crippen molar-refractivity contribution in [2.45, 2.75) is 25.0 Å². The normalized spacial score (nSPS) is 20.7. The molecule has 0 saturated carbocycles. The van der Waals surface area contributed by atoms with E-state index in [2.05, 4.69) is 5.10 Å². The van der Waals surface area contributed by atoms with Gasteiger partial charge in [0.1, 0.15) is 6.26 Å². The number of aryl methyl sites for hydroxylation is 1. The molecule has 2 aromatic heterocycles. The molecular weight excluding hydrogens is 310 g/mol. The Hall–Kier alpha value is -2.12. The molecule has 3 heterocycles. The summed E-state index contributed by atoms with van der Waals surface area (Å²) in [5.74, 6) is -0.0181. The lowest BCUT2D eigenvalue weighted by atomic mass is 10.0. The first kappa shape index (κ1) is 16.7.